The molecular weight excluding hydrogens is 288 g/mol. The monoisotopic (exact) mass is 302 g/mol. The molecule has 0 aliphatic rings. The van der Waals surface area contributed by atoms with Crippen LogP contribution in [0.2, 0.25) is 0 Å². The average Bonchev–Trinajstić information content (AvgIpc) is 2.97. The fraction of sp³-hybridized carbons (Fsp3) is 0.200. The highest BCUT2D eigenvalue weighted by molar-refractivity contribution is 8.00. The van der Waals surface area contributed by atoms with Crippen molar-refractivity contribution in [3.63, 3.8) is 0 Å². The van der Waals surface area contributed by atoms with Crippen LogP contribution in [0.4, 0.5) is 0 Å². The van der Waals surface area contributed by atoms with Crippen LogP contribution in [0.5, 0.6) is 0 Å². The van der Waals surface area contributed by atoms with Crippen molar-refractivity contribution >= 4 is 29.0 Å². The van der Waals surface area contributed by atoms with Crippen molar-refractivity contribution in [2.75, 3.05) is 12.8 Å². The molecule has 0 fully saturated rings. The number of hydrogen-bond acceptors (Lipinski definition) is 4. The highest BCUT2D eigenvalue weighted by Gasteiger charge is 2.10. The molecular formula is C15H14N2OS2. The van der Waals surface area contributed by atoms with Gasteiger partial charge >= 0.3 is 0 Å². The van der Waals surface area contributed by atoms with E-state index in [1.807, 2.05) is 36.7 Å². The topological polar surface area (TPSA) is 44.1 Å². The average molecular weight is 302 g/mol. The summed E-state index contributed by atoms with van der Waals surface area (Å²) < 4.78 is 0. The number of nitriles is 1. The van der Waals surface area contributed by atoms with Gasteiger partial charge in [0.05, 0.1) is 23.9 Å². The molecule has 5 heteroatoms. The lowest BCUT2D eigenvalue weighted by molar-refractivity contribution is -0.127. The Balaban J connectivity index is 1.86. The standard InChI is InChI=1S/C15H14N2OS2/c1-17(10-14-6-3-7-19-14)15(18)11-20-13-5-2-4-12(8-13)9-16/h2-8H,10-11H2,1H3. The minimum Gasteiger partial charge on any atom is -0.340 e. The number of thiophene rings is 1. The Kier molecular flexibility index (Phi) is 5.22. The van der Waals surface area contributed by atoms with Gasteiger partial charge in [0.1, 0.15) is 0 Å². The van der Waals surface area contributed by atoms with Gasteiger partial charge in [0.15, 0.2) is 0 Å². The fourth-order valence-electron chi connectivity index (χ4n) is 1.64. The van der Waals surface area contributed by atoms with E-state index in [1.165, 1.54) is 16.6 Å². The number of thioether (sulfide) groups is 1. The molecule has 0 aliphatic carbocycles. The highest BCUT2D eigenvalue weighted by atomic mass is 32.2. The second-order valence-corrected chi connectivity index (χ2v) is 6.34. The summed E-state index contributed by atoms with van der Waals surface area (Å²) in [7, 11) is 1.81. The lowest BCUT2D eigenvalue weighted by atomic mass is 10.2. The smallest absolute Gasteiger partial charge is 0.233 e. The van der Waals surface area contributed by atoms with Crippen LogP contribution in [0, 0.1) is 11.3 Å². The fourth-order valence-corrected chi connectivity index (χ4v) is 3.29. The highest BCUT2D eigenvalue weighted by Crippen LogP contribution is 2.20. The molecule has 1 aromatic heterocycles. The summed E-state index contributed by atoms with van der Waals surface area (Å²) in [6.07, 6.45) is 0. The van der Waals surface area contributed by atoms with Crippen molar-refractivity contribution in [3.05, 3.63) is 52.2 Å². The Morgan fingerprint density at radius 3 is 2.95 bits per heavy atom. The van der Waals surface area contributed by atoms with Crippen molar-refractivity contribution in [2.24, 2.45) is 0 Å². The van der Waals surface area contributed by atoms with E-state index in [0.29, 0.717) is 17.9 Å². The predicted molar refractivity (Wildman–Crippen MR) is 82.7 cm³/mol. The maximum absolute atomic E-state index is 12.0. The first-order valence-electron chi connectivity index (χ1n) is 6.08. The van der Waals surface area contributed by atoms with Crippen LogP contribution in [-0.4, -0.2) is 23.6 Å². The third-order valence-corrected chi connectivity index (χ3v) is 4.56. The predicted octanol–water partition coefficient (Wildman–Crippen LogP) is 3.37. The SMILES string of the molecule is CN(Cc1cccs1)C(=O)CSc1cccc(C#N)c1. The normalized spacial score (nSPS) is 10.0. The largest absolute Gasteiger partial charge is 0.340 e. The maximum Gasteiger partial charge on any atom is 0.233 e. The molecule has 2 aromatic rings. The van der Waals surface area contributed by atoms with E-state index >= 15 is 0 Å². The van der Waals surface area contributed by atoms with Crippen molar-refractivity contribution < 1.29 is 4.79 Å². The Morgan fingerprint density at radius 1 is 1.40 bits per heavy atom. The van der Waals surface area contributed by atoms with E-state index in [0.717, 1.165) is 4.90 Å². The number of amides is 1. The minimum atomic E-state index is 0.0887. The van der Waals surface area contributed by atoms with Crippen LogP contribution in [-0.2, 0) is 11.3 Å². The van der Waals surface area contributed by atoms with Crippen molar-refractivity contribution in [1.82, 2.24) is 4.90 Å². The number of rotatable bonds is 5. The lowest BCUT2D eigenvalue weighted by Gasteiger charge is -2.15. The van der Waals surface area contributed by atoms with Crippen LogP contribution < -0.4 is 0 Å². The van der Waals surface area contributed by atoms with E-state index in [1.54, 1.807) is 28.4 Å². The molecule has 0 aliphatic heterocycles. The summed E-state index contributed by atoms with van der Waals surface area (Å²) >= 11 is 3.11. The lowest BCUT2D eigenvalue weighted by Crippen LogP contribution is -2.27. The second-order valence-electron chi connectivity index (χ2n) is 4.26. The van der Waals surface area contributed by atoms with E-state index in [4.69, 9.17) is 5.26 Å². The first kappa shape index (κ1) is 14.6. The van der Waals surface area contributed by atoms with Crippen LogP contribution >= 0.6 is 23.1 Å². The Labute approximate surface area is 126 Å². The van der Waals surface area contributed by atoms with Gasteiger partial charge in [-0.2, -0.15) is 5.26 Å². The molecule has 0 bridgehead atoms. The molecule has 1 amide bonds. The van der Waals surface area contributed by atoms with Crippen molar-refractivity contribution in [1.29, 1.82) is 5.26 Å². The Hall–Kier alpha value is -1.77. The molecule has 0 radical (unpaired) electrons. The first-order valence-corrected chi connectivity index (χ1v) is 7.95. The summed E-state index contributed by atoms with van der Waals surface area (Å²) in [5, 5.41) is 10.8. The molecule has 3 nitrogen and oxygen atoms in total. The molecule has 0 unspecified atom stereocenters. The summed E-state index contributed by atoms with van der Waals surface area (Å²) in [5.41, 5.74) is 0.620. The molecule has 102 valence electrons. The number of nitrogens with zero attached hydrogens (tertiary/aromatic N) is 2. The van der Waals surface area contributed by atoms with E-state index in [2.05, 4.69) is 6.07 Å². The number of benzene rings is 1. The quantitative estimate of drug-likeness (QED) is 0.795. The third-order valence-electron chi connectivity index (χ3n) is 2.72. The van der Waals surface area contributed by atoms with Gasteiger partial charge in [0, 0.05) is 16.8 Å². The minimum absolute atomic E-state index is 0.0887. The van der Waals surface area contributed by atoms with E-state index < -0.39 is 0 Å². The Morgan fingerprint density at radius 2 is 2.25 bits per heavy atom. The number of hydrogen-bond donors (Lipinski definition) is 0. The first-order chi connectivity index (χ1) is 9.69. The second kappa shape index (κ2) is 7.13. The molecule has 0 spiro atoms. The molecule has 1 aromatic carbocycles. The maximum atomic E-state index is 12.0. The van der Waals surface area contributed by atoms with Gasteiger partial charge < -0.3 is 4.90 Å². The Bertz CT molecular complexity index is 617. The number of carbonyl (C=O) groups excluding carboxylic acids is 1. The van der Waals surface area contributed by atoms with Crippen LogP contribution in [0.3, 0.4) is 0 Å². The summed E-state index contributed by atoms with van der Waals surface area (Å²) in [6, 6.07) is 13.4. The summed E-state index contributed by atoms with van der Waals surface area (Å²) in [5.74, 6) is 0.474. The van der Waals surface area contributed by atoms with Crippen LogP contribution in [0.15, 0.2) is 46.7 Å². The van der Waals surface area contributed by atoms with Crippen molar-refractivity contribution in [2.45, 2.75) is 11.4 Å². The third kappa shape index (κ3) is 4.12. The zero-order chi connectivity index (χ0) is 14.4. The zero-order valence-corrected chi connectivity index (χ0v) is 12.7. The van der Waals surface area contributed by atoms with Crippen LogP contribution in [0.1, 0.15) is 10.4 Å². The van der Waals surface area contributed by atoms with Gasteiger partial charge in [-0.05, 0) is 29.6 Å². The molecule has 0 saturated heterocycles. The summed E-state index contributed by atoms with van der Waals surface area (Å²) in [4.78, 5) is 15.9. The summed E-state index contributed by atoms with van der Waals surface area (Å²) in [6.45, 7) is 0.648. The van der Waals surface area contributed by atoms with Crippen molar-refractivity contribution in [3.8, 4) is 6.07 Å². The van der Waals surface area contributed by atoms with Gasteiger partial charge in [-0.1, -0.05) is 12.1 Å². The van der Waals surface area contributed by atoms with Gasteiger partial charge in [-0.25, -0.2) is 0 Å². The van der Waals surface area contributed by atoms with E-state index in [9.17, 15) is 4.79 Å². The van der Waals surface area contributed by atoms with Gasteiger partial charge in [0.25, 0.3) is 0 Å². The van der Waals surface area contributed by atoms with Gasteiger partial charge in [-0.15, -0.1) is 23.1 Å². The molecule has 2 rings (SSSR count). The molecule has 0 atom stereocenters. The van der Waals surface area contributed by atoms with E-state index in [-0.39, 0.29) is 5.91 Å². The van der Waals surface area contributed by atoms with Crippen LogP contribution in [0.25, 0.3) is 0 Å². The zero-order valence-electron chi connectivity index (χ0n) is 11.1. The molecule has 0 saturated carbocycles. The molecule has 1 heterocycles. The molecule has 0 N–H and O–H groups in total. The number of carbonyl (C=O) groups is 1. The van der Waals surface area contributed by atoms with Gasteiger partial charge in [-0.3, -0.25) is 4.79 Å². The molecule has 20 heavy (non-hydrogen) atoms. The van der Waals surface area contributed by atoms with Gasteiger partial charge in [0.2, 0.25) is 5.91 Å².